The summed E-state index contributed by atoms with van der Waals surface area (Å²) in [6.45, 7) is 0.236. The lowest BCUT2D eigenvalue weighted by molar-refractivity contribution is -0.384. The van der Waals surface area contributed by atoms with Gasteiger partial charge < -0.3 is 24.9 Å². The molecule has 2 heterocycles. The molecule has 2 aromatic rings. The molecule has 1 atom stereocenters. The summed E-state index contributed by atoms with van der Waals surface area (Å²) in [6.07, 6.45) is 0.0412. The summed E-state index contributed by atoms with van der Waals surface area (Å²) in [5.74, 6) is -2.97. The van der Waals surface area contributed by atoms with Crippen molar-refractivity contribution in [3.05, 3.63) is 48.5 Å². The molecular formula is C16H19N4O9P. The van der Waals surface area contributed by atoms with Crippen LogP contribution in [0.2, 0.25) is 0 Å². The summed E-state index contributed by atoms with van der Waals surface area (Å²) >= 11 is 0. The zero-order valence-corrected chi connectivity index (χ0v) is 16.4. The molecule has 0 unspecified atom stereocenters. The SMILES string of the molecule is O=C(O)C1CCN([C@@H](Cc2cc([N+](=O)[O-])cc3[nH]c(=O)c(=O)[nH]c23)P(=O)(O)O)CC1. The quantitative estimate of drug-likeness (QED) is 0.175. The molecule has 0 bridgehead atoms. The first kappa shape index (κ1) is 21.8. The third-order valence-electron chi connectivity index (χ3n) is 5.20. The van der Waals surface area contributed by atoms with Crippen molar-refractivity contribution in [3.8, 4) is 0 Å². The number of carbonyl (C=O) groups is 1. The van der Waals surface area contributed by atoms with Gasteiger partial charge in [-0.25, -0.2) is 0 Å². The molecule has 1 aliphatic rings. The molecule has 13 nitrogen and oxygen atoms in total. The largest absolute Gasteiger partial charge is 0.481 e. The number of nitrogens with one attached hydrogen (secondary N) is 2. The third kappa shape index (κ3) is 4.49. The second kappa shape index (κ2) is 8.11. The highest BCUT2D eigenvalue weighted by Gasteiger charge is 2.38. The molecule has 0 saturated carbocycles. The van der Waals surface area contributed by atoms with Crippen molar-refractivity contribution in [2.24, 2.45) is 5.92 Å². The fourth-order valence-electron chi connectivity index (χ4n) is 3.65. The Morgan fingerprint density at radius 3 is 2.37 bits per heavy atom. The molecule has 1 saturated heterocycles. The smallest absolute Gasteiger partial charge is 0.342 e. The van der Waals surface area contributed by atoms with Crippen LogP contribution in [0.15, 0.2) is 21.7 Å². The van der Waals surface area contributed by atoms with Gasteiger partial charge in [0.05, 0.1) is 21.9 Å². The zero-order chi connectivity index (χ0) is 22.2. The number of nitro groups is 1. The molecule has 0 radical (unpaired) electrons. The topological polar surface area (TPSA) is 207 Å². The summed E-state index contributed by atoms with van der Waals surface area (Å²) in [4.78, 5) is 70.8. The molecule has 162 valence electrons. The number of aromatic amines is 2. The Labute approximate surface area is 167 Å². The average Bonchev–Trinajstić information content (AvgIpc) is 2.66. The number of aliphatic carboxylic acids is 1. The van der Waals surface area contributed by atoms with Gasteiger partial charge in [-0.15, -0.1) is 0 Å². The molecule has 1 aromatic carbocycles. The Bertz CT molecular complexity index is 1160. The summed E-state index contributed by atoms with van der Waals surface area (Å²) < 4.78 is 12.2. The minimum atomic E-state index is -4.75. The fourth-order valence-corrected chi connectivity index (χ4v) is 4.74. The molecular weight excluding hydrogens is 423 g/mol. The van der Waals surface area contributed by atoms with Crippen molar-refractivity contribution in [3.63, 3.8) is 0 Å². The first-order valence-corrected chi connectivity index (χ1v) is 10.6. The number of piperidine rings is 1. The van der Waals surface area contributed by atoms with E-state index in [1.165, 1.54) is 4.90 Å². The first-order valence-electron chi connectivity index (χ1n) is 8.93. The number of carboxylic acid groups (broad SMARTS) is 1. The Kier molecular flexibility index (Phi) is 5.90. The van der Waals surface area contributed by atoms with Crippen LogP contribution >= 0.6 is 7.60 Å². The van der Waals surface area contributed by atoms with Gasteiger partial charge >= 0.3 is 24.7 Å². The van der Waals surface area contributed by atoms with E-state index in [1.54, 1.807) is 0 Å². The van der Waals surface area contributed by atoms with E-state index in [0.29, 0.717) is 0 Å². The van der Waals surface area contributed by atoms with Crippen molar-refractivity contribution in [2.75, 3.05) is 13.1 Å². The highest BCUT2D eigenvalue weighted by Crippen LogP contribution is 2.46. The molecule has 14 heteroatoms. The van der Waals surface area contributed by atoms with E-state index < -0.39 is 47.0 Å². The van der Waals surface area contributed by atoms with Crippen molar-refractivity contribution in [1.82, 2.24) is 14.9 Å². The van der Waals surface area contributed by atoms with Crippen LogP contribution in [0.1, 0.15) is 18.4 Å². The lowest BCUT2D eigenvalue weighted by Gasteiger charge is -2.36. The molecule has 1 aliphatic heterocycles. The van der Waals surface area contributed by atoms with E-state index in [9.17, 15) is 38.8 Å². The minimum Gasteiger partial charge on any atom is -0.481 e. The van der Waals surface area contributed by atoms with E-state index in [4.69, 9.17) is 5.11 Å². The lowest BCUT2D eigenvalue weighted by Crippen LogP contribution is -2.43. The Hall–Kier alpha value is -2.86. The molecule has 0 aliphatic carbocycles. The maximum absolute atomic E-state index is 12.2. The third-order valence-corrected chi connectivity index (χ3v) is 6.49. The molecule has 0 spiro atoms. The molecule has 30 heavy (non-hydrogen) atoms. The first-order chi connectivity index (χ1) is 14.0. The van der Waals surface area contributed by atoms with Crippen LogP contribution in [-0.2, 0) is 15.8 Å². The summed E-state index contributed by atoms with van der Waals surface area (Å²) in [5.41, 5.74) is -2.39. The van der Waals surface area contributed by atoms with Crippen LogP contribution < -0.4 is 11.1 Å². The van der Waals surface area contributed by atoms with E-state index in [1.807, 2.05) is 0 Å². The summed E-state index contributed by atoms with van der Waals surface area (Å²) in [7, 11) is -4.75. The monoisotopic (exact) mass is 442 g/mol. The van der Waals surface area contributed by atoms with E-state index in [0.717, 1.165) is 12.1 Å². The van der Waals surface area contributed by atoms with Gasteiger partial charge in [-0.2, -0.15) is 0 Å². The second-order valence-electron chi connectivity index (χ2n) is 7.12. The number of hydrogen-bond donors (Lipinski definition) is 5. The Morgan fingerprint density at radius 1 is 1.23 bits per heavy atom. The number of non-ortho nitro benzene ring substituents is 1. The van der Waals surface area contributed by atoms with Crippen LogP contribution in [0.25, 0.3) is 11.0 Å². The van der Waals surface area contributed by atoms with Crippen molar-refractivity contribution < 1.29 is 29.2 Å². The highest BCUT2D eigenvalue weighted by molar-refractivity contribution is 7.52. The predicted octanol–water partition coefficient (Wildman–Crippen LogP) is -0.0325. The summed E-state index contributed by atoms with van der Waals surface area (Å²) in [5, 5.41) is 20.4. The van der Waals surface area contributed by atoms with Crippen LogP contribution in [0, 0.1) is 16.0 Å². The van der Waals surface area contributed by atoms with Gasteiger partial charge in [0.2, 0.25) is 0 Å². The van der Waals surface area contributed by atoms with E-state index >= 15 is 0 Å². The standard InChI is InChI=1S/C16H19N4O9P/c21-14-15(22)18-13-9(5-10(20(25)26)7-11(13)17-14)6-12(30(27,28)29)19-3-1-8(2-4-19)16(23)24/h5,7-8,12H,1-4,6H2,(H,17,21)(H,18,22)(H,23,24)(H2,27,28,29)/t12-/m1/s1. The van der Waals surface area contributed by atoms with E-state index in [2.05, 4.69) is 9.97 Å². The number of nitrogens with zero attached hydrogens (tertiary/aromatic N) is 2. The Balaban J connectivity index is 2.04. The number of aromatic nitrogens is 2. The maximum atomic E-state index is 12.2. The number of nitro benzene ring substituents is 1. The second-order valence-corrected chi connectivity index (χ2v) is 8.89. The number of H-pyrrole nitrogens is 2. The van der Waals surface area contributed by atoms with Gasteiger partial charge in [0.15, 0.2) is 0 Å². The number of hydrogen-bond acceptors (Lipinski definition) is 7. The molecule has 1 fully saturated rings. The van der Waals surface area contributed by atoms with Crippen molar-refractivity contribution in [2.45, 2.75) is 25.0 Å². The van der Waals surface area contributed by atoms with Gasteiger partial charge in [-0.1, -0.05) is 0 Å². The van der Waals surface area contributed by atoms with E-state index in [-0.39, 0.29) is 48.9 Å². The van der Waals surface area contributed by atoms with Crippen LogP contribution in [0.4, 0.5) is 5.69 Å². The molecule has 5 N–H and O–H groups in total. The minimum absolute atomic E-state index is 0.0315. The number of carboxylic acids is 1. The number of benzene rings is 1. The lowest BCUT2D eigenvalue weighted by atomic mass is 9.96. The Morgan fingerprint density at radius 2 is 1.83 bits per heavy atom. The number of rotatable bonds is 6. The average molecular weight is 442 g/mol. The normalized spacial score (nSPS) is 17.1. The summed E-state index contributed by atoms with van der Waals surface area (Å²) in [6, 6.07) is 2.13. The predicted molar refractivity (Wildman–Crippen MR) is 103 cm³/mol. The van der Waals surface area contributed by atoms with Gasteiger partial charge in [-0.3, -0.25) is 34.0 Å². The maximum Gasteiger partial charge on any atom is 0.342 e. The molecule has 1 aromatic heterocycles. The van der Waals surface area contributed by atoms with Crippen LogP contribution in [-0.4, -0.2) is 59.5 Å². The fraction of sp³-hybridized carbons (Fsp3) is 0.438. The highest BCUT2D eigenvalue weighted by atomic mass is 31.2. The van der Waals surface area contributed by atoms with Gasteiger partial charge in [0, 0.05) is 18.6 Å². The van der Waals surface area contributed by atoms with Crippen molar-refractivity contribution in [1.29, 1.82) is 0 Å². The van der Waals surface area contributed by atoms with Crippen LogP contribution in [0.5, 0.6) is 0 Å². The van der Waals surface area contributed by atoms with Crippen LogP contribution in [0.3, 0.4) is 0 Å². The van der Waals surface area contributed by atoms with Gasteiger partial charge in [0.1, 0.15) is 5.78 Å². The molecule has 3 rings (SSSR count). The number of likely N-dealkylation sites (tertiary alicyclic amines) is 1. The zero-order valence-electron chi connectivity index (χ0n) is 15.5. The number of fused-ring (bicyclic) bond motifs is 1. The molecule has 0 amide bonds. The van der Waals surface area contributed by atoms with Gasteiger partial charge in [0.25, 0.3) is 5.69 Å². The van der Waals surface area contributed by atoms with Crippen molar-refractivity contribution >= 4 is 30.3 Å². The van der Waals surface area contributed by atoms with Gasteiger partial charge in [-0.05, 0) is 31.5 Å².